The molecule has 0 bridgehead atoms. The largest absolute Gasteiger partial charge is 0.369 e. The first-order valence-corrected chi connectivity index (χ1v) is 9.43. The topological polar surface area (TPSA) is 96.9 Å². The van der Waals surface area contributed by atoms with Gasteiger partial charge in [-0.05, 0) is 44.7 Å². The van der Waals surface area contributed by atoms with E-state index in [9.17, 15) is 14.4 Å². The lowest BCUT2D eigenvalue weighted by Gasteiger charge is -2.31. The van der Waals surface area contributed by atoms with Gasteiger partial charge in [0.2, 0.25) is 5.91 Å². The van der Waals surface area contributed by atoms with Crippen LogP contribution in [-0.2, 0) is 14.4 Å². The average Bonchev–Trinajstić information content (AvgIpc) is 2.58. The van der Waals surface area contributed by atoms with Crippen molar-refractivity contribution in [3.05, 3.63) is 28.8 Å². The summed E-state index contributed by atoms with van der Waals surface area (Å²) in [6.07, 6.45) is 1.52. The number of likely N-dealkylation sites (tertiary alicyclic amines) is 1. The van der Waals surface area contributed by atoms with E-state index in [1.165, 1.54) is 0 Å². The molecule has 2 atom stereocenters. The highest BCUT2D eigenvalue weighted by molar-refractivity contribution is 5.93. The molecule has 7 heteroatoms. The van der Waals surface area contributed by atoms with Crippen molar-refractivity contribution in [2.45, 2.75) is 33.6 Å². The summed E-state index contributed by atoms with van der Waals surface area (Å²) >= 11 is 0. The maximum absolute atomic E-state index is 12.5. The number of carbonyl (C=O) groups is 3. The van der Waals surface area contributed by atoms with Gasteiger partial charge in [0.15, 0.2) is 13.1 Å². The van der Waals surface area contributed by atoms with Crippen LogP contribution in [0.2, 0.25) is 0 Å². The van der Waals surface area contributed by atoms with Crippen LogP contribution in [0.15, 0.2) is 12.1 Å². The standard InChI is InChI=1S/C20H30N4O3/c1-13-8-14(2)19(15(3)9-13)22-17(25)11-23(4)12-18(26)24-7-5-6-16(10-24)20(21)27/h8-9,16H,5-7,10-12H2,1-4H3,(H2,21,27)(H,22,25)/p+1/t16-/m1/s1. The van der Waals surface area contributed by atoms with Crippen molar-refractivity contribution in [1.82, 2.24) is 4.90 Å². The summed E-state index contributed by atoms with van der Waals surface area (Å²) in [5.41, 5.74) is 9.42. The molecule has 4 N–H and O–H groups in total. The minimum absolute atomic E-state index is 0.0473. The molecule has 1 saturated heterocycles. The van der Waals surface area contributed by atoms with Gasteiger partial charge < -0.3 is 20.9 Å². The number of benzene rings is 1. The van der Waals surface area contributed by atoms with Crippen LogP contribution in [0.25, 0.3) is 0 Å². The number of anilines is 1. The van der Waals surface area contributed by atoms with Gasteiger partial charge in [0, 0.05) is 18.8 Å². The lowest BCUT2D eigenvalue weighted by atomic mass is 9.97. The van der Waals surface area contributed by atoms with Crippen LogP contribution in [0.4, 0.5) is 5.69 Å². The Kier molecular flexibility index (Phi) is 6.96. The van der Waals surface area contributed by atoms with Gasteiger partial charge in [-0.1, -0.05) is 17.7 Å². The van der Waals surface area contributed by atoms with E-state index in [0.29, 0.717) is 13.1 Å². The normalized spacial score (nSPS) is 18.1. The molecule has 0 aromatic heterocycles. The second kappa shape index (κ2) is 8.99. The zero-order chi connectivity index (χ0) is 20.1. The van der Waals surface area contributed by atoms with Crippen molar-refractivity contribution in [2.24, 2.45) is 11.7 Å². The lowest BCUT2D eigenvalue weighted by Crippen LogP contribution is -3.11. The number of amides is 3. The number of hydrogen-bond donors (Lipinski definition) is 3. The highest BCUT2D eigenvalue weighted by atomic mass is 16.2. The number of carbonyl (C=O) groups excluding carboxylic acids is 3. The molecule has 148 valence electrons. The predicted molar refractivity (Wildman–Crippen MR) is 104 cm³/mol. The molecule has 0 aliphatic carbocycles. The van der Waals surface area contributed by atoms with E-state index in [-0.39, 0.29) is 36.7 Å². The summed E-state index contributed by atoms with van der Waals surface area (Å²) in [6.45, 7) is 7.41. The molecular weight excluding hydrogens is 344 g/mol. The van der Waals surface area contributed by atoms with Gasteiger partial charge in [0.1, 0.15) is 0 Å². The highest BCUT2D eigenvalue weighted by Crippen LogP contribution is 2.21. The van der Waals surface area contributed by atoms with Crippen molar-refractivity contribution in [3.63, 3.8) is 0 Å². The van der Waals surface area contributed by atoms with Crippen molar-refractivity contribution in [1.29, 1.82) is 0 Å². The second-order valence-corrected chi connectivity index (χ2v) is 7.71. The van der Waals surface area contributed by atoms with E-state index in [1.54, 1.807) is 4.90 Å². The van der Waals surface area contributed by atoms with Crippen LogP contribution in [-0.4, -0.2) is 55.8 Å². The zero-order valence-electron chi connectivity index (χ0n) is 16.7. The minimum atomic E-state index is -0.351. The molecule has 1 aromatic rings. The van der Waals surface area contributed by atoms with Crippen LogP contribution in [0.1, 0.15) is 29.5 Å². The van der Waals surface area contributed by atoms with Gasteiger partial charge in [0.25, 0.3) is 11.8 Å². The number of nitrogens with zero attached hydrogens (tertiary/aromatic N) is 1. The smallest absolute Gasteiger partial charge is 0.279 e. The minimum Gasteiger partial charge on any atom is -0.369 e. The number of aryl methyl sites for hydroxylation is 3. The number of primary amides is 1. The zero-order valence-corrected chi connectivity index (χ0v) is 16.7. The summed E-state index contributed by atoms with van der Waals surface area (Å²) in [4.78, 5) is 38.7. The molecular formula is C20H31N4O3+. The van der Waals surface area contributed by atoms with Crippen LogP contribution in [0, 0.1) is 26.7 Å². The van der Waals surface area contributed by atoms with Crippen LogP contribution in [0.5, 0.6) is 0 Å². The Morgan fingerprint density at radius 3 is 2.41 bits per heavy atom. The molecule has 3 amide bonds. The molecule has 7 nitrogen and oxygen atoms in total. The van der Waals surface area contributed by atoms with E-state index >= 15 is 0 Å². The summed E-state index contributed by atoms with van der Waals surface area (Å²) in [7, 11) is 1.82. The fourth-order valence-electron chi connectivity index (χ4n) is 3.70. The first-order chi connectivity index (χ1) is 12.7. The van der Waals surface area contributed by atoms with Crippen molar-refractivity contribution < 1.29 is 19.3 Å². The third-order valence-electron chi connectivity index (χ3n) is 5.03. The van der Waals surface area contributed by atoms with Gasteiger partial charge in [-0.2, -0.15) is 0 Å². The lowest BCUT2D eigenvalue weighted by molar-refractivity contribution is -0.862. The fourth-order valence-corrected chi connectivity index (χ4v) is 3.70. The Morgan fingerprint density at radius 1 is 1.19 bits per heavy atom. The Bertz CT molecular complexity index is 709. The molecule has 1 unspecified atom stereocenters. The second-order valence-electron chi connectivity index (χ2n) is 7.71. The highest BCUT2D eigenvalue weighted by Gasteiger charge is 2.28. The van der Waals surface area contributed by atoms with Gasteiger partial charge in [0.05, 0.1) is 13.0 Å². The first-order valence-electron chi connectivity index (χ1n) is 9.43. The van der Waals surface area contributed by atoms with Gasteiger partial charge in [-0.3, -0.25) is 14.4 Å². The Hall–Kier alpha value is -2.41. The monoisotopic (exact) mass is 375 g/mol. The molecule has 1 fully saturated rings. The maximum atomic E-state index is 12.5. The quantitative estimate of drug-likeness (QED) is 0.642. The summed E-state index contributed by atoms with van der Waals surface area (Å²) in [5.74, 6) is -0.784. The molecule has 2 rings (SSSR count). The average molecular weight is 375 g/mol. The third kappa shape index (κ3) is 5.79. The van der Waals surface area contributed by atoms with E-state index in [0.717, 1.165) is 40.1 Å². The molecule has 0 saturated carbocycles. The molecule has 1 aliphatic heterocycles. The van der Waals surface area contributed by atoms with Crippen molar-refractivity contribution in [3.8, 4) is 0 Å². The number of hydrogen-bond acceptors (Lipinski definition) is 3. The Labute approximate surface area is 160 Å². The van der Waals surface area contributed by atoms with Crippen molar-refractivity contribution in [2.75, 3.05) is 38.5 Å². The van der Waals surface area contributed by atoms with Crippen molar-refractivity contribution >= 4 is 23.4 Å². The first kappa shape index (κ1) is 20.9. The van der Waals surface area contributed by atoms with E-state index in [1.807, 2.05) is 40.0 Å². The summed E-state index contributed by atoms with van der Waals surface area (Å²) in [6, 6.07) is 4.07. The Balaban J connectivity index is 1.88. The number of nitrogens with one attached hydrogen (secondary N) is 2. The van der Waals surface area contributed by atoms with E-state index in [4.69, 9.17) is 5.73 Å². The van der Waals surface area contributed by atoms with Crippen LogP contribution >= 0.6 is 0 Å². The third-order valence-corrected chi connectivity index (χ3v) is 5.03. The van der Waals surface area contributed by atoms with E-state index < -0.39 is 0 Å². The molecule has 0 radical (unpaired) electrons. The van der Waals surface area contributed by atoms with E-state index in [2.05, 4.69) is 5.32 Å². The SMILES string of the molecule is Cc1cc(C)c(NC(=O)C[NH+](C)CC(=O)N2CCC[C@@H](C(N)=O)C2)c(C)c1. The number of piperidine rings is 1. The summed E-state index contributed by atoms with van der Waals surface area (Å²) in [5, 5.41) is 2.97. The molecule has 27 heavy (non-hydrogen) atoms. The number of rotatable bonds is 6. The fraction of sp³-hybridized carbons (Fsp3) is 0.550. The number of nitrogens with two attached hydrogens (primary N) is 1. The predicted octanol–water partition coefficient (Wildman–Crippen LogP) is -0.211. The Morgan fingerprint density at radius 2 is 1.81 bits per heavy atom. The number of likely N-dealkylation sites (N-methyl/N-ethyl adjacent to an activating group) is 1. The number of quaternary nitrogens is 1. The molecule has 0 spiro atoms. The molecule has 1 aliphatic rings. The maximum Gasteiger partial charge on any atom is 0.279 e. The van der Waals surface area contributed by atoms with Crippen LogP contribution in [0.3, 0.4) is 0 Å². The van der Waals surface area contributed by atoms with Gasteiger partial charge in [-0.25, -0.2) is 0 Å². The molecule has 1 heterocycles. The van der Waals surface area contributed by atoms with Gasteiger partial charge >= 0.3 is 0 Å². The van der Waals surface area contributed by atoms with Crippen LogP contribution < -0.4 is 16.0 Å². The molecule has 1 aromatic carbocycles. The summed E-state index contributed by atoms with van der Waals surface area (Å²) < 4.78 is 0. The van der Waals surface area contributed by atoms with Gasteiger partial charge in [-0.15, -0.1) is 0 Å².